The van der Waals surface area contributed by atoms with Crippen molar-refractivity contribution in [1.29, 1.82) is 0 Å². The van der Waals surface area contributed by atoms with Crippen molar-refractivity contribution in [2.75, 3.05) is 11.4 Å². The van der Waals surface area contributed by atoms with Gasteiger partial charge in [0.25, 0.3) is 0 Å². The first kappa shape index (κ1) is 18.3. The van der Waals surface area contributed by atoms with Gasteiger partial charge in [0.05, 0.1) is 4.90 Å². The number of aromatic amines is 1. The first-order valence-corrected chi connectivity index (χ1v) is 10.3. The van der Waals surface area contributed by atoms with Crippen molar-refractivity contribution < 1.29 is 13.2 Å². The molecule has 1 aliphatic heterocycles. The van der Waals surface area contributed by atoms with E-state index < -0.39 is 10.0 Å². The molecule has 2 aromatic carbocycles. The SMILES string of the molecule is CC(=O)N1CCc2ccc(S(=O)(=O)NCc3cccc(-c4ncn[nH]4)c3)cc21. The van der Waals surface area contributed by atoms with Gasteiger partial charge in [-0.15, -0.1) is 0 Å². The van der Waals surface area contributed by atoms with Crippen LogP contribution in [0, 0.1) is 0 Å². The van der Waals surface area contributed by atoms with Gasteiger partial charge in [0.2, 0.25) is 15.9 Å². The van der Waals surface area contributed by atoms with E-state index in [9.17, 15) is 13.2 Å². The van der Waals surface area contributed by atoms with E-state index in [1.54, 1.807) is 23.1 Å². The van der Waals surface area contributed by atoms with Gasteiger partial charge in [-0.1, -0.05) is 24.3 Å². The van der Waals surface area contributed by atoms with Crippen LogP contribution >= 0.6 is 0 Å². The zero-order valence-corrected chi connectivity index (χ0v) is 16.0. The lowest BCUT2D eigenvalue weighted by Gasteiger charge is -2.16. The van der Waals surface area contributed by atoms with Crippen molar-refractivity contribution >= 4 is 21.6 Å². The van der Waals surface area contributed by atoms with E-state index in [1.807, 2.05) is 24.3 Å². The average molecular weight is 397 g/mol. The molecule has 0 atom stereocenters. The Morgan fingerprint density at radius 3 is 2.86 bits per heavy atom. The number of hydrogen-bond acceptors (Lipinski definition) is 5. The summed E-state index contributed by atoms with van der Waals surface area (Å²) in [6.07, 6.45) is 2.15. The molecule has 0 radical (unpaired) electrons. The Morgan fingerprint density at radius 1 is 1.25 bits per heavy atom. The van der Waals surface area contributed by atoms with Crippen LogP contribution in [0.25, 0.3) is 11.4 Å². The summed E-state index contributed by atoms with van der Waals surface area (Å²) in [5.74, 6) is 0.526. The summed E-state index contributed by atoms with van der Waals surface area (Å²) in [5.41, 5.74) is 3.27. The molecule has 0 fully saturated rings. The standard InChI is InChI=1S/C19H19N5O3S/c1-13(25)24-8-7-15-5-6-17(10-18(15)24)28(26,27)22-11-14-3-2-4-16(9-14)19-20-12-21-23-19/h2-6,9-10,12,22H,7-8,11H2,1H3,(H,20,21,23). The quantitative estimate of drug-likeness (QED) is 0.683. The van der Waals surface area contributed by atoms with E-state index in [0.29, 0.717) is 18.1 Å². The van der Waals surface area contributed by atoms with Gasteiger partial charge in [0.1, 0.15) is 6.33 Å². The molecular weight excluding hydrogens is 378 g/mol. The fraction of sp³-hybridized carbons (Fsp3) is 0.211. The summed E-state index contributed by atoms with van der Waals surface area (Å²) in [7, 11) is -3.72. The van der Waals surface area contributed by atoms with Crippen LogP contribution in [0.15, 0.2) is 53.7 Å². The first-order chi connectivity index (χ1) is 13.4. The van der Waals surface area contributed by atoms with Gasteiger partial charge in [-0.05, 0) is 35.7 Å². The molecule has 2 N–H and O–H groups in total. The minimum absolute atomic E-state index is 0.0921. The Balaban J connectivity index is 1.54. The van der Waals surface area contributed by atoms with Crippen LogP contribution in [0.4, 0.5) is 5.69 Å². The summed E-state index contributed by atoms with van der Waals surface area (Å²) < 4.78 is 28.1. The third kappa shape index (κ3) is 3.54. The van der Waals surface area contributed by atoms with E-state index in [4.69, 9.17) is 0 Å². The van der Waals surface area contributed by atoms with Gasteiger partial charge in [-0.2, -0.15) is 5.10 Å². The Bertz CT molecular complexity index is 1130. The minimum Gasteiger partial charge on any atom is -0.312 e. The van der Waals surface area contributed by atoms with Gasteiger partial charge in [0, 0.05) is 31.3 Å². The van der Waals surface area contributed by atoms with Gasteiger partial charge < -0.3 is 4.90 Å². The molecule has 1 amide bonds. The van der Waals surface area contributed by atoms with Gasteiger partial charge >= 0.3 is 0 Å². The molecule has 28 heavy (non-hydrogen) atoms. The number of carbonyl (C=O) groups excluding carboxylic acids is 1. The van der Waals surface area contributed by atoms with E-state index in [0.717, 1.165) is 23.1 Å². The molecule has 0 saturated heterocycles. The fourth-order valence-electron chi connectivity index (χ4n) is 3.29. The maximum atomic E-state index is 12.8. The number of carbonyl (C=O) groups is 1. The summed E-state index contributed by atoms with van der Waals surface area (Å²) in [4.78, 5) is 17.6. The highest BCUT2D eigenvalue weighted by atomic mass is 32.2. The van der Waals surface area contributed by atoms with E-state index in [1.165, 1.54) is 13.3 Å². The van der Waals surface area contributed by atoms with Crippen LogP contribution in [0.3, 0.4) is 0 Å². The molecule has 0 unspecified atom stereocenters. The lowest BCUT2D eigenvalue weighted by molar-refractivity contribution is -0.116. The van der Waals surface area contributed by atoms with Crippen molar-refractivity contribution in [2.24, 2.45) is 0 Å². The monoisotopic (exact) mass is 397 g/mol. The van der Waals surface area contributed by atoms with E-state index in [2.05, 4.69) is 19.9 Å². The highest BCUT2D eigenvalue weighted by Crippen LogP contribution is 2.30. The van der Waals surface area contributed by atoms with Crippen LogP contribution in [0.2, 0.25) is 0 Å². The van der Waals surface area contributed by atoms with E-state index in [-0.39, 0.29) is 17.3 Å². The average Bonchev–Trinajstić information content (AvgIpc) is 3.36. The van der Waals surface area contributed by atoms with Crippen LogP contribution in [0.5, 0.6) is 0 Å². The largest absolute Gasteiger partial charge is 0.312 e. The predicted octanol–water partition coefficient (Wildman–Crippen LogP) is 1.86. The molecule has 0 saturated carbocycles. The molecule has 1 aromatic heterocycles. The van der Waals surface area contributed by atoms with Crippen molar-refractivity contribution in [3.05, 3.63) is 59.9 Å². The van der Waals surface area contributed by atoms with Crippen molar-refractivity contribution in [3.8, 4) is 11.4 Å². The third-order valence-corrected chi connectivity index (χ3v) is 6.12. The number of fused-ring (bicyclic) bond motifs is 1. The highest BCUT2D eigenvalue weighted by Gasteiger charge is 2.25. The summed E-state index contributed by atoms with van der Waals surface area (Å²) in [6, 6.07) is 12.3. The number of H-pyrrole nitrogens is 1. The van der Waals surface area contributed by atoms with E-state index >= 15 is 0 Å². The Hall–Kier alpha value is -3.04. The normalized spacial score (nSPS) is 13.5. The van der Waals surface area contributed by atoms with Crippen molar-refractivity contribution in [1.82, 2.24) is 19.9 Å². The second-order valence-corrected chi connectivity index (χ2v) is 8.34. The number of hydrogen-bond donors (Lipinski definition) is 2. The zero-order valence-electron chi connectivity index (χ0n) is 15.2. The smallest absolute Gasteiger partial charge is 0.240 e. The second-order valence-electron chi connectivity index (χ2n) is 6.57. The molecule has 0 aliphatic carbocycles. The number of aromatic nitrogens is 3. The van der Waals surface area contributed by atoms with Crippen LogP contribution in [0.1, 0.15) is 18.1 Å². The number of sulfonamides is 1. The molecule has 144 valence electrons. The zero-order chi connectivity index (χ0) is 19.7. The summed E-state index contributed by atoms with van der Waals surface area (Å²) in [6.45, 7) is 2.20. The lowest BCUT2D eigenvalue weighted by Crippen LogP contribution is -2.26. The topological polar surface area (TPSA) is 108 Å². The number of benzene rings is 2. The number of rotatable bonds is 5. The molecule has 9 heteroatoms. The lowest BCUT2D eigenvalue weighted by atomic mass is 10.1. The molecular formula is C19H19N5O3S. The molecule has 3 aromatic rings. The summed E-state index contributed by atoms with van der Waals surface area (Å²) in [5, 5.41) is 6.61. The Kier molecular flexibility index (Phi) is 4.70. The van der Waals surface area contributed by atoms with Crippen LogP contribution < -0.4 is 9.62 Å². The third-order valence-electron chi connectivity index (χ3n) is 4.72. The number of amides is 1. The fourth-order valence-corrected chi connectivity index (χ4v) is 4.33. The van der Waals surface area contributed by atoms with Crippen molar-refractivity contribution in [2.45, 2.75) is 24.8 Å². The molecule has 2 heterocycles. The number of nitrogens with zero attached hydrogens (tertiary/aromatic N) is 3. The molecule has 8 nitrogen and oxygen atoms in total. The maximum Gasteiger partial charge on any atom is 0.240 e. The molecule has 0 spiro atoms. The van der Waals surface area contributed by atoms with Gasteiger partial charge in [-0.3, -0.25) is 9.89 Å². The number of nitrogens with one attached hydrogen (secondary N) is 2. The minimum atomic E-state index is -3.72. The van der Waals surface area contributed by atoms with Gasteiger partial charge in [-0.25, -0.2) is 18.1 Å². The van der Waals surface area contributed by atoms with Gasteiger partial charge in [0.15, 0.2) is 5.82 Å². The Labute approximate surface area is 162 Å². The van der Waals surface area contributed by atoms with Crippen molar-refractivity contribution in [3.63, 3.8) is 0 Å². The summed E-state index contributed by atoms with van der Waals surface area (Å²) >= 11 is 0. The predicted molar refractivity (Wildman–Crippen MR) is 104 cm³/mol. The molecule has 0 bridgehead atoms. The van der Waals surface area contributed by atoms with Crippen LogP contribution in [-0.2, 0) is 27.8 Å². The number of anilines is 1. The molecule has 4 rings (SSSR count). The first-order valence-electron chi connectivity index (χ1n) is 8.79. The Morgan fingerprint density at radius 2 is 2.11 bits per heavy atom. The highest BCUT2D eigenvalue weighted by molar-refractivity contribution is 7.89. The maximum absolute atomic E-state index is 12.8. The van der Waals surface area contributed by atoms with Crippen LogP contribution in [-0.4, -0.2) is 36.1 Å². The molecule has 1 aliphatic rings. The second kappa shape index (κ2) is 7.17.